The largest absolute Gasteiger partial charge is 0.395 e. The van der Waals surface area contributed by atoms with Crippen LogP contribution in [0.4, 0.5) is 0 Å². The fourth-order valence-corrected chi connectivity index (χ4v) is 2.58. The average Bonchev–Trinajstić information content (AvgIpc) is 3.19. The first-order chi connectivity index (χ1) is 9.76. The first-order valence-electron chi connectivity index (χ1n) is 6.54. The van der Waals surface area contributed by atoms with Gasteiger partial charge in [-0.25, -0.2) is 4.68 Å². The average molecular weight is 301 g/mol. The molecule has 0 aromatic carbocycles. The third-order valence-corrected chi connectivity index (χ3v) is 3.89. The molecule has 1 fully saturated rings. The molecule has 0 aliphatic heterocycles. The molecular formula is C11H19N5O3S. The van der Waals surface area contributed by atoms with E-state index in [4.69, 9.17) is 9.84 Å². The van der Waals surface area contributed by atoms with Gasteiger partial charge in [-0.1, -0.05) is 11.8 Å². The van der Waals surface area contributed by atoms with E-state index in [1.54, 1.807) is 16.7 Å². The molecule has 9 heteroatoms. The van der Waals surface area contributed by atoms with Gasteiger partial charge in [-0.05, 0) is 23.3 Å². The number of methoxy groups -OCH3 is 1. The number of thioether (sulfide) groups is 1. The minimum atomic E-state index is -0.0556. The number of ether oxygens (including phenoxy) is 1. The molecule has 1 saturated carbocycles. The summed E-state index contributed by atoms with van der Waals surface area (Å²) in [6, 6.07) is 0.393. The lowest BCUT2D eigenvalue weighted by Gasteiger charge is -2.20. The highest BCUT2D eigenvalue weighted by atomic mass is 32.2. The van der Waals surface area contributed by atoms with Crippen LogP contribution in [-0.2, 0) is 9.53 Å². The number of aliphatic hydroxyl groups excluding tert-OH is 1. The van der Waals surface area contributed by atoms with Crippen molar-refractivity contribution < 1.29 is 14.6 Å². The molecule has 1 amide bonds. The standard InChI is InChI=1S/C11H19N5O3S/c1-19-7-5-15(4-6-17)10(18)8-20-11-12-13-14-16(11)9-2-3-9/h9,17H,2-8H2,1H3. The van der Waals surface area contributed by atoms with Crippen LogP contribution in [0.1, 0.15) is 18.9 Å². The number of nitrogens with zero attached hydrogens (tertiary/aromatic N) is 5. The zero-order chi connectivity index (χ0) is 14.4. The summed E-state index contributed by atoms with van der Waals surface area (Å²) in [5.41, 5.74) is 0. The van der Waals surface area contributed by atoms with Gasteiger partial charge in [0.1, 0.15) is 0 Å². The number of amides is 1. The van der Waals surface area contributed by atoms with Gasteiger partial charge in [0.15, 0.2) is 0 Å². The molecule has 1 aliphatic rings. The van der Waals surface area contributed by atoms with E-state index in [0.29, 0.717) is 30.9 Å². The molecule has 0 radical (unpaired) electrons. The summed E-state index contributed by atoms with van der Waals surface area (Å²) >= 11 is 1.33. The van der Waals surface area contributed by atoms with Gasteiger partial charge in [-0.2, -0.15) is 0 Å². The Bertz CT molecular complexity index is 437. The summed E-state index contributed by atoms with van der Waals surface area (Å²) in [5, 5.41) is 21.2. The number of carbonyl (C=O) groups excluding carboxylic acids is 1. The van der Waals surface area contributed by atoms with E-state index in [9.17, 15) is 4.79 Å². The van der Waals surface area contributed by atoms with Crippen molar-refractivity contribution in [3.05, 3.63) is 0 Å². The minimum Gasteiger partial charge on any atom is -0.395 e. The molecule has 0 saturated heterocycles. The van der Waals surface area contributed by atoms with Gasteiger partial charge in [-0.3, -0.25) is 4.79 Å². The Morgan fingerprint density at radius 3 is 3.00 bits per heavy atom. The number of carbonyl (C=O) groups is 1. The van der Waals surface area contributed by atoms with E-state index in [1.165, 1.54) is 11.8 Å². The SMILES string of the molecule is COCCN(CCO)C(=O)CSc1nnnn1C1CC1. The van der Waals surface area contributed by atoms with Crippen molar-refractivity contribution in [3.63, 3.8) is 0 Å². The molecule has 0 atom stereocenters. The van der Waals surface area contributed by atoms with Gasteiger partial charge in [0.2, 0.25) is 11.1 Å². The molecule has 1 N–H and O–H groups in total. The molecule has 1 aromatic rings. The van der Waals surface area contributed by atoms with Crippen molar-refractivity contribution in [2.24, 2.45) is 0 Å². The highest BCUT2D eigenvalue weighted by Crippen LogP contribution is 2.36. The molecule has 2 rings (SSSR count). The maximum Gasteiger partial charge on any atom is 0.233 e. The highest BCUT2D eigenvalue weighted by molar-refractivity contribution is 7.99. The van der Waals surface area contributed by atoms with Crippen molar-refractivity contribution in [2.45, 2.75) is 24.0 Å². The lowest BCUT2D eigenvalue weighted by Crippen LogP contribution is -2.37. The fraction of sp³-hybridized carbons (Fsp3) is 0.818. The number of rotatable bonds is 9. The molecule has 0 spiro atoms. The van der Waals surface area contributed by atoms with Crippen molar-refractivity contribution in [3.8, 4) is 0 Å². The molecule has 1 aromatic heterocycles. The Morgan fingerprint density at radius 2 is 2.35 bits per heavy atom. The van der Waals surface area contributed by atoms with Crippen LogP contribution in [0.5, 0.6) is 0 Å². The van der Waals surface area contributed by atoms with E-state index < -0.39 is 0 Å². The molecule has 1 heterocycles. The molecule has 112 valence electrons. The summed E-state index contributed by atoms with van der Waals surface area (Å²) < 4.78 is 6.74. The third kappa shape index (κ3) is 4.15. The number of hydrogen-bond acceptors (Lipinski definition) is 7. The summed E-state index contributed by atoms with van der Waals surface area (Å²) in [6.07, 6.45) is 2.19. The summed E-state index contributed by atoms with van der Waals surface area (Å²) in [5.74, 6) is 0.211. The van der Waals surface area contributed by atoms with Crippen LogP contribution < -0.4 is 0 Å². The van der Waals surface area contributed by atoms with Crippen molar-refractivity contribution >= 4 is 17.7 Å². The summed E-state index contributed by atoms with van der Waals surface area (Å²) in [4.78, 5) is 13.7. The number of tetrazole rings is 1. The van der Waals surface area contributed by atoms with Gasteiger partial charge >= 0.3 is 0 Å². The van der Waals surface area contributed by atoms with Gasteiger partial charge in [0, 0.05) is 20.2 Å². The first-order valence-corrected chi connectivity index (χ1v) is 7.53. The molecule has 8 nitrogen and oxygen atoms in total. The van der Waals surface area contributed by atoms with Crippen LogP contribution >= 0.6 is 11.8 Å². The maximum atomic E-state index is 12.1. The molecule has 1 aliphatic carbocycles. The predicted molar refractivity (Wildman–Crippen MR) is 72.4 cm³/mol. The van der Waals surface area contributed by atoms with Gasteiger partial charge in [0.05, 0.1) is 25.0 Å². The summed E-state index contributed by atoms with van der Waals surface area (Å²) in [6.45, 7) is 1.19. The van der Waals surface area contributed by atoms with E-state index in [2.05, 4.69) is 15.5 Å². The monoisotopic (exact) mass is 301 g/mol. The minimum absolute atomic E-state index is 0.0496. The van der Waals surface area contributed by atoms with Gasteiger partial charge in [0.25, 0.3) is 0 Å². The highest BCUT2D eigenvalue weighted by Gasteiger charge is 2.28. The van der Waals surface area contributed by atoms with Crippen LogP contribution in [0, 0.1) is 0 Å². The zero-order valence-corrected chi connectivity index (χ0v) is 12.3. The Kier molecular flexibility index (Phi) is 5.74. The van der Waals surface area contributed by atoms with Crippen LogP contribution in [-0.4, -0.2) is 75.3 Å². The predicted octanol–water partition coefficient (Wildman–Crippen LogP) is -0.433. The summed E-state index contributed by atoms with van der Waals surface area (Å²) in [7, 11) is 1.58. The number of hydrogen-bond donors (Lipinski definition) is 1. The quantitative estimate of drug-likeness (QED) is 0.618. The van der Waals surface area contributed by atoms with E-state index in [1.807, 2.05) is 0 Å². The lowest BCUT2D eigenvalue weighted by atomic mass is 10.4. The van der Waals surface area contributed by atoms with E-state index >= 15 is 0 Å². The molecule has 0 unspecified atom stereocenters. The Morgan fingerprint density at radius 1 is 1.55 bits per heavy atom. The lowest BCUT2D eigenvalue weighted by molar-refractivity contribution is -0.129. The van der Waals surface area contributed by atoms with Gasteiger partial charge < -0.3 is 14.7 Å². The molecular weight excluding hydrogens is 282 g/mol. The van der Waals surface area contributed by atoms with Crippen molar-refractivity contribution in [2.75, 3.05) is 39.2 Å². The third-order valence-electron chi connectivity index (χ3n) is 2.97. The molecule has 0 bridgehead atoms. The van der Waals surface area contributed by atoms with Crippen LogP contribution in [0.25, 0.3) is 0 Å². The Hall–Kier alpha value is -1.19. The smallest absolute Gasteiger partial charge is 0.233 e. The zero-order valence-electron chi connectivity index (χ0n) is 11.4. The first kappa shape index (κ1) is 15.2. The molecule has 20 heavy (non-hydrogen) atoms. The van der Waals surface area contributed by atoms with Crippen LogP contribution in [0.3, 0.4) is 0 Å². The van der Waals surface area contributed by atoms with Crippen molar-refractivity contribution in [1.29, 1.82) is 0 Å². The van der Waals surface area contributed by atoms with Crippen LogP contribution in [0.15, 0.2) is 5.16 Å². The Balaban J connectivity index is 1.84. The van der Waals surface area contributed by atoms with Crippen LogP contribution in [0.2, 0.25) is 0 Å². The number of aromatic nitrogens is 4. The van der Waals surface area contributed by atoms with E-state index in [0.717, 1.165) is 12.8 Å². The second-order valence-corrected chi connectivity index (χ2v) is 5.47. The topological polar surface area (TPSA) is 93.4 Å². The second kappa shape index (κ2) is 7.55. The normalized spacial score (nSPS) is 14.5. The number of aliphatic hydroxyl groups is 1. The Labute approximate surface area is 121 Å². The fourth-order valence-electron chi connectivity index (χ4n) is 1.73. The van der Waals surface area contributed by atoms with E-state index in [-0.39, 0.29) is 18.3 Å². The maximum absolute atomic E-state index is 12.1. The second-order valence-electron chi connectivity index (χ2n) is 4.52. The van der Waals surface area contributed by atoms with Gasteiger partial charge in [-0.15, -0.1) is 5.10 Å². The van der Waals surface area contributed by atoms with Crippen molar-refractivity contribution in [1.82, 2.24) is 25.1 Å².